The Labute approximate surface area is 313 Å². The van der Waals surface area contributed by atoms with Crippen molar-refractivity contribution in [1.29, 1.82) is 0 Å². The zero-order chi connectivity index (χ0) is 35.3. The molecule has 53 heavy (non-hydrogen) atoms. The third-order valence-electron chi connectivity index (χ3n) is 13.2. The van der Waals surface area contributed by atoms with Crippen LogP contribution in [0.1, 0.15) is 79.2 Å². The summed E-state index contributed by atoms with van der Waals surface area (Å²) in [6.45, 7) is 4.77. The fourth-order valence-electron chi connectivity index (χ4n) is 10.6. The van der Waals surface area contributed by atoms with Crippen molar-refractivity contribution in [1.82, 2.24) is 0 Å². The van der Waals surface area contributed by atoms with Crippen LogP contribution in [0.4, 0.5) is 17.1 Å². The Morgan fingerprint density at radius 3 is 2.26 bits per heavy atom. The smallest absolute Gasteiger partial charge is 0.0632 e. The standard InChI is InChI=1S/C51H44N2/c1-51(2)45-19-11-9-17-39(45)40-25-24-38(32-46(40)51)53-47-20-12-10-18-41(47)42-30-35(22-27-48(42)53)36-23-28-50-44(31-36)43-29-34(33-13-5-3-6-14-33)21-26-49(43)52(50)37-15-7-4-8-16-37/h3-19,22-25,27-30,32,34,36,47,49H,20-21,26,31H2,1-2H3. The molecular weight excluding hydrogens is 641 g/mol. The van der Waals surface area contributed by atoms with E-state index in [0.29, 0.717) is 23.9 Å². The fraction of sp³-hybridized carbons (Fsp3) is 0.216. The maximum Gasteiger partial charge on any atom is 0.0632 e. The van der Waals surface area contributed by atoms with Gasteiger partial charge in [0.2, 0.25) is 0 Å². The topological polar surface area (TPSA) is 6.48 Å². The second-order valence-corrected chi connectivity index (χ2v) is 16.3. The van der Waals surface area contributed by atoms with E-state index in [9.17, 15) is 0 Å². The van der Waals surface area contributed by atoms with Gasteiger partial charge in [-0.25, -0.2) is 0 Å². The molecule has 6 aliphatic rings. The summed E-state index contributed by atoms with van der Waals surface area (Å²) in [4.78, 5) is 5.26. The summed E-state index contributed by atoms with van der Waals surface area (Å²) < 4.78 is 0. The van der Waals surface area contributed by atoms with Crippen molar-refractivity contribution < 1.29 is 0 Å². The molecule has 258 valence electrons. The lowest BCUT2D eigenvalue weighted by Crippen LogP contribution is -2.32. The van der Waals surface area contributed by atoms with Crippen molar-refractivity contribution in [3.05, 3.63) is 202 Å². The number of benzene rings is 5. The minimum Gasteiger partial charge on any atom is -0.334 e. The quantitative estimate of drug-likeness (QED) is 0.186. The predicted octanol–water partition coefficient (Wildman–Crippen LogP) is 12.5. The predicted molar refractivity (Wildman–Crippen MR) is 221 cm³/mol. The number of nitrogens with zero attached hydrogens (tertiary/aromatic N) is 2. The van der Waals surface area contributed by atoms with Gasteiger partial charge in [-0.05, 0) is 118 Å². The number of hydrogen-bond acceptors (Lipinski definition) is 2. The molecule has 11 rings (SSSR count). The van der Waals surface area contributed by atoms with Crippen LogP contribution in [-0.4, -0.2) is 12.1 Å². The van der Waals surface area contributed by atoms with Gasteiger partial charge in [0.1, 0.15) is 0 Å². The number of fused-ring (bicyclic) bond motifs is 8. The average Bonchev–Trinajstić information content (AvgIpc) is 3.80. The van der Waals surface area contributed by atoms with Crippen LogP contribution in [0.25, 0.3) is 16.7 Å². The Morgan fingerprint density at radius 2 is 1.40 bits per heavy atom. The molecule has 0 saturated heterocycles. The molecule has 5 aromatic carbocycles. The third kappa shape index (κ3) is 4.64. The van der Waals surface area contributed by atoms with Crippen molar-refractivity contribution >= 4 is 22.6 Å². The summed E-state index contributed by atoms with van der Waals surface area (Å²) in [5, 5.41) is 0. The molecule has 0 aromatic heterocycles. The Bertz CT molecular complexity index is 2460. The first-order valence-corrected chi connectivity index (χ1v) is 19.6. The van der Waals surface area contributed by atoms with Gasteiger partial charge in [-0.1, -0.05) is 129 Å². The number of para-hydroxylation sites is 1. The van der Waals surface area contributed by atoms with E-state index in [-0.39, 0.29) is 5.41 Å². The average molecular weight is 685 g/mol. The van der Waals surface area contributed by atoms with E-state index in [0.717, 1.165) is 19.3 Å². The van der Waals surface area contributed by atoms with Crippen LogP contribution in [0.15, 0.2) is 175 Å². The third-order valence-corrected chi connectivity index (χ3v) is 13.2. The highest BCUT2D eigenvalue weighted by Gasteiger charge is 2.42. The molecule has 2 heterocycles. The van der Waals surface area contributed by atoms with Crippen LogP contribution in [0.2, 0.25) is 0 Å². The molecule has 0 bridgehead atoms. The summed E-state index contributed by atoms with van der Waals surface area (Å²) in [5.41, 5.74) is 19.7. The molecule has 0 radical (unpaired) electrons. The first-order chi connectivity index (χ1) is 26.0. The van der Waals surface area contributed by atoms with E-state index in [1.807, 2.05) is 0 Å². The van der Waals surface area contributed by atoms with Crippen LogP contribution in [-0.2, 0) is 5.41 Å². The molecule has 5 aromatic rings. The fourth-order valence-corrected chi connectivity index (χ4v) is 10.6. The monoisotopic (exact) mass is 684 g/mol. The van der Waals surface area contributed by atoms with Gasteiger partial charge < -0.3 is 9.80 Å². The molecule has 2 heteroatoms. The number of anilines is 3. The highest BCUT2D eigenvalue weighted by Crippen LogP contribution is 2.54. The molecule has 0 fully saturated rings. The van der Waals surface area contributed by atoms with Crippen LogP contribution >= 0.6 is 0 Å². The summed E-state index contributed by atoms with van der Waals surface area (Å²) in [6.07, 6.45) is 18.9. The lowest BCUT2D eigenvalue weighted by Gasteiger charge is -2.33. The normalized spacial score (nSPS) is 24.2. The highest BCUT2D eigenvalue weighted by molar-refractivity contribution is 5.94. The maximum absolute atomic E-state index is 2.63. The minimum atomic E-state index is -0.0232. The summed E-state index contributed by atoms with van der Waals surface area (Å²) >= 11 is 0. The molecule has 2 nitrogen and oxygen atoms in total. The second kappa shape index (κ2) is 11.7. The van der Waals surface area contributed by atoms with E-state index < -0.39 is 0 Å². The largest absolute Gasteiger partial charge is 0.334 e. The number of hydrogen-bond donors (Lipinski definition) is 0. The zero-order valence-corrected chi connectivity index (χ0v) is 30.5. The molecule has 0 amide bonds. The number of rotatable bonds is 4. The van der Waals surface area contributed by atoms with E-state index in [1.165, 1.54) is 79.3 Å². The highest BCUT2D eigenvalue weighted by atomic mass is 15.2. The number of allylic oxidation sites excluding steroid dienone is 5. The van der Waals surface area contributed by atoms with Crippen molar-refractivity contribution in [2.75, 3.05) is 9.80 Å². The van der Waals surface area contributed by atoms with Gasteiger partial charge in [0, 0.05) is 45.6 Å². The van der Waals surface area contributed by atoms with Crippen molar-refractivity contribution in [3.63, 3.8) is 0 Å². The first-order valence-electron chi connectivity index (χ1n) is 19.6. The molecule has 4 aliphatic carbocycles. The Balaban J connectivity index is 0.961. The van der Waals surface area contributed by atoms with Gasteiger partial charge in [0.25, 0.3) is 0 Å². The van der Waals surface area contributed by atoms with Crippen molar-refractivity contribution in [3.8, 4) is 11.1 Å². The SMILES string of the molecule is CC1(C)c2ccccc2-c2ccc(N3c4ccc(C5C=CC6=C(C5)C5=CC(c7ccccc7)CCC5N6c5ccccc5)cc4C4=CC=CCC43)cc21. The summed E-state index contributed by atoms with van der Waals surface area (Å²) in [7, 11) is 0. The van der Waals surface area contributed by atoms with Gasteiger partial charge in [-0.15, -0.1) is 0 Å². The van der Waals surface area contributed by atoms with Crippen LogP contribution in [0.3, 0.4) is 0 Å². The van der Waals surface area contributed by atoms with Crippen LogP contribution < -0.4 is 9.80 Å². The van der Waals surface area contributed by atoms with E-state index in [1.54, 1.807) is 5.57 Å². The van der Waals surface area contributed by atoms with Gasteiger partial charge in [-0.2, -0.15) is 0 Å². The van der Waals surface area contributed by atoms with Crippen LogP contribution in [0.5, 0.6) is 0 Å². The lowest BCUT2D eigenvalue weighted by atomic mass is 9.78. The van der Waals surface area contributed by atoms with E-state index >= 15 is 0 Å². The molecule has 0 spiro atoms. The zero-order valence-electron chi connectivity index (χ0n) is 30.5. The molecule has 0 N–H and O–H groups in total. The van der Waals surface area contributed by atoms with Gasteiger partial charge in [-0.3, -0.25) is 0 Å². The van der Waals surface area contributed by atoms with Crippen molar-refractivity contribution in [2.45, 2.75) is 68.9 Å². The lowest BCUT2D eigenvalue weighted by molar-refractivity contribution is 0.573. The summed E-state index contributed by atoms with van der Waals surface area (Å²) in [6, 6.07) is 46.5. The van der Waals surface area contributed by atoms with E-state index in [4.69, 9.17) is 0 Å². The maximum atomic E-state index is 2.63. The van der Waals surface area contributed by atoms with Gasteiger partial charge in [0.15, 0.2) is 0 Å². The Hall–Kier alpha value is -5.60. The van der Waals surface area contributed by atoms with Gasteiger partial charge in [0.05, 0.1) is 12.1 Å². The molecule has 0 saturated carbocycles. The van der Waals surface area contributed by atoms with Gasteiger partial charge >= 0.3 is 0 Å². The molecule has 4 unspecified atom stereocenters. The molecular formula is C51H44N2. The molecule has 2 aliphatic heterocycles. The van der Waals surface area contributed by atoms with Crippen molar-refractivity contribution in [2.24, 2.45) is 0 Å². The Kier molecular flexibility index (Phi) is 6.84. The van der Waals surface area contributed by atoms with Crippen LogP contribution in [0, 0.1) is 0 Å². The van der Waals surface area contributed by atoms with E-state index in [2.05, 4.69) is 181 Å². The summed E-state index contributed by atoms with van der Waals surface area (Å²) in [5.74, 6) is 0.796. The minimum absolute atomic E-state index is 0.0232. The molecule has 4 atom stereocenters. The first kappa shape index (κ1) is 31.0. The second-order valence-electron chi connectivity index (χ2n) is 16.3. The Morgan fingerprint density at radius 1 is 0.604 bits per heavy atom.